The van der Waals surface area contributed by atoms with Crippen LogP contribution in [0.2, 0.25) is 0 Å². The molecule has 0 aromatic heterocycles. The number of carbonyl (C=O) groups is 4. The van der Waals surface area contributed by atoms with Gasteiger partial charge in [0.25, 0.3) is 0 Å². The highest BCUT2D eigenvalue weighted by Gasteiger charge is 2.74. The van der Waals surface area contributed by atoms with Crippen LogP contribution in [-0.2, 0) is 14.3 Å². The molecule has 1 spiro atoms. The normalized spacial score (nSPS) is 24.2. The number of amides is 2. The molecular weight excluding hydrogens is 522 g/mol. The summed E-state index contributed by atoms with van der Waals surface area (Å²) in [6.07, 6.45) is -0.921. The van der Waals surface area contributed by atoms with E-state index in [1.165, 1.54) is 0 Å². The van der Waals surface area contributed by atoms with Crippen LogP contribution in [0.3, 0.4) is 0 Å². The van der Waals surface area contributed by atoms with Crippen LogP contribution in [0.25, 0.3) is 0 Å². The predicted molar refractivity (Wildman–Crippen MR) is 136 cm³/mol. The molecule has 2 fully saturated rings. The highest BCUT2D eigenvalue weighted by atomic mass is 79.9. The van der Waals surface area contributed by atoms with E-state index in [2.05, 4.69) is 29.8 Å². The number of hydrogen-bond donors (Lipinski definition) is 0. The minimum Gasteiger partial charge on any atom is -0.349 e. The fourth-order valence-electron chi connectivity index (χ4n) is 5.73. The first kappa shape index (κ1) is 23.0. The fourth-order valence-corrected chi connectivity index (χ4v) is 6.00. The first-order chi connectivity index (χ1) is 17.3. The molecule has 2 aliphatic heterocycles. The lowest BCUT2D eigenvalue weighted by Gasteiger charge is -2.27. The van der Waals surface area contributed by atoms with E-state index in [1.54, 1.807) is 48.5 Å². The molecule has 0 N–H and O–H groups in total. The van der Waals surface area contributed by atoms with Gasteiger partial charge in [0.15, 0.2) is 0 Å². The van der Waals surface area contributed by atoms with Gasteiger partial charge in [0, 0.05) is 15.6 Å². The Labute approximate surface area is 216 Å². The van der Waals surface area contributed by atoms with Gasteiger partial charge in [-0.15, -0.1) is 0 Å². The molecule has 0 unspecified atom stereocenters. The van der Waals surface area contributed by atoms with Crippen LogP contribution in [0.15, 0.2) is 77.3 Å². The van der Waals surface area contributed by atoms with E-state index in [0.29, 0.717) is 17.2 Å². The summed E-state index contributed by atoms with van der Waals surface area (Å²) in [5.74, 6) is -4.14. The van der Waals surface area contributed by atoms with E-state index in [1.807, 2.05) is 24.3 Å². The average molecular weight is 544 g/mol. The summed E-state index contributed by atoms with van der Waals surface area (Å²) in [7, 11) is 0. The third-order valence-corrected chi connectivity index (χ3v) is 8.06. The van der Waals surface area contributed by atoms with Crippen molar-refractivity contribution >= 4 is 45.0 Å². The third-order valence-electron chi connectivity index (χ3n) is 7.54. The van der Waals surface area contributed by atoms with Crippen molar-refractivity contribution in [2.24, 2.45) is 11.8 Å². The largest absolute Gasteiger partial charge is 0.349 e. The number of anilines is 1. The highest BCUT2D eigenvalue weighted by Crippen LogP contribution is 2.57. The minimum atomic E-state index is -2.06. The molecule has 2 heterocycles. The zero-order valence-corrected chi connectivity index (χ0v) is 21.2. The Morgan fingerprint density at radius 3 is 1.94 bits per heavy atom. The van der Waals surface area contributed by atoms with E-state index in [0.717, 1.165) is 14.9 Å². The third kappa shape index (κ3) is 2.99. The number of benzene rings is 3. The molecule has 2 amide bonds. The zero-order chi connectivity index (χ0) is 25.4. The lowest BCUT2D eigenvalue weighted by molar-refractivity contribution is -0.127. The number of Topliss-reactive ketones (excluding diaryl/α,β-unsaturated/α-hetero) is 2. The lowest BCUT2D eigenvalue weighted by atomic mass is 9.77. The van der Waals surface area contributed by atoms with E-state index in [9.17, 15) is 19.2 Å². The smallest absolute Gasteiger partial charge is 0.241 e. The standard InChI is InChI=1S/C29H22BrNO5/c1-15(2)16-7-9-17(10-8-16)24-22-23(28(35)31(27(22)34)19-13-11-18(30)12-14-19)29(36-24)25(32)20-5-3-4-6-21(20)26(29)33/h3-15,22-24H,1-2H3/t22-,23+,24-/m1/s1. The van der Waals surface area contributed by atoms with E-state index < -0.39 is 46.9 Å². The Bertz CT molecular complexity index is 1410. The molecule has 36 heavy (non-hydrogen) atoms. The van der Waals surface area contributed by atoms with E-state index in [4.69, 9.17) is 4.74 Å². The molecule has 2 saturated heterocycles. The molecule has 3 aromatic carbocycles. The summed E-state index contributed by atoms with van der Waals surface area (Å²) in [5, 5.41) is 0. The molecule has 180 valence electrons. The molecule has 6 rings (SSSR count). The van der Waals surface area contributed by atoms with Crippen molar-refractivity contribution in [1.29, 1.82) is 0 Å². The van der Waals surface area contributed by atoms with Crippen LogP contribution < -0.4 is 4.90 Å². The van der Waals surface area contributed by atoms with Crippen LogP contribution >= 0.6 is 15.9 Å². The number of imide groups is 1. The molecule has 0 saturated carbocycles. The Hall–Kier alpha value is -3.42. The molecule has 3 aliphatic rings. The van der Waals surface area contributed by atoms with Crippen LogP contribution in [0.1, 0.15) is 57.7 Å². The Morgan fingerprint density at radius 2 is 1.39 bits per heavy atom. The molecule has 0 bridgehead atoms. The number of nitrogens with zero attached hydrogens (tertiary/aromatic N) is 1. The number of ketones is 2. The monoisotopic (exact) mass is 543 g/mol. The number of ether oxygens (including phenoxy) is 1. The molecule has 3 atom stereocenters. The van der Waals surface area contributed by atoms with Crippen LogP contribution in [-0.4, -0.2) is 29.0 Å². The summed E-state index contributed by atoms with van der Waals surface area (Å²) in [5.41, 5.74) is 0.531. The summed E-state index contributed by atoms with van der Waals surface area (Å²) in [4.78, 5) is 56.5. The number of hydrogen-bond acceptors (Lipinski definition) is 5. The van der Waals surface area contributed by atoms with Gasteiger partial charge < -0.3 is 4.74 Å². The maximum atomic E-state index is 13.9. The number of halogens is 1. The first-order valence-corrected chi connectivity index (χ1v) is 12.6. The maximum absolute atomic E-state index is 13.9. The van der Waals surface area contributed by atoms with Crippen molar-refractivity contribution in [2.45, 2.75) is 31.5 Å². The van der Waals surface area contributed by atoms with Crippen molar-refractivity contribution in [3.8, 4) is 0 Å². The van der Waals surface area contributed by atoms with Gasteiger partial charge in [0.2, 0.25) is 29.0 Å². The van der Waals surface area contributed by atoms with Crippen molar-refractivity contribution < 1.29 is 23.9 Å². The van der Waals surface area contributed by atoms with E-state index in [-0.39, 0.29) is 11.1 Å². The van der Waals surface area contributed by atoms with Gasteiger partial charge in [-0.2, -0.15) is 0 Å². The van der Waals surface area contributed by atoms with E-state index >= 15 is 0 Å². The summed E-state index contributed by atoms with van der Waals surface area (Å²) < 4.78 is 7.14. The SMILES string of the molecule is CC(C)c1ccc([C@H]2OC3(C(=O)c4ccccc4C3=O)[C@@H]3C(=O)N(c4ccc(Br)cc4)C(=O)[C@@H]23)cc1. The molecule has 3 aromatic rings. The van der Waals surface area contributed by atoms with Crippen LogP contribution in [0.5, 0.6) is 0 Å². The van der Waals surface area contributed by atoms with Gasteiger partial charge in [-0.05, 0) is 41.3 Å². The maximum Gasteiger partial charge on any atom is 0.241 e. The topological polar surface area (TPSA) is 80.8 Å². The Morgan fingerprint density at radius 1 is 0.806 bits per heavy atom. The Balaban J connectivity index is 1.52. The van der Waals surface area contributed by atoms with Crippen molar-refractivity contribution in [1.82, 2.24) is 0 Å². The quantitative estimate of drug-likeness (QED) is 0.332. The number of carbonyl (C=O) groups excluding carboxylic acids is 4. The average Bonchev–Trinajstić information content (AvgIpc) is 3.45. The second kappa shape index (κ2) is 8.05. The number of fused-ring (bicyclic) bond motifs is 3. The second-order valence-electron chi connectivity index (χ2n) is 9.79. The Kier molecular flexibility index (Phi) is 5.14. The molecule has 6 nitrogen and oxygen atoms in total. The first-order valence-electron chi connectivity index (χ1n) is 11.9. The minimum absolute atomic E-state index is 0.222. The van der Waals surface area contributed by atoms with Crippen molar-refractivity contribution in [2.75, 3.05) is 4.90 Å². The zero-order valence-electron chi connectivity index (χ0n) is 19.6. The summed E-state index contributed by atoms with van der Waals surface area (Å²) in [6.45, 7) is 4.16. The fraction of sp³-hybridized carbons (Fsp3) is 0.241. The van der Waals surface area contributed by atoms with Crippen molar-refractivity contribution in [3.63, 3.8) is 0 Å². The van der Waals surface area contributed by atoms with Crippen LogP contribution in [0.4, 0.5) is 5.69 Å². The predicted octanol–water partition coefficient (Wildman–Crippen LogP) is 5.27. The van der Waals surface area contributed by atoms with Gasteiger partial charge in [-0.25, -0.2) is 4.90 Å². The van der Waals surface area contributed by atoms with Crippen LogP contribution in [0, 0.1) is 11.8 Å². The van der Waals surface area contributed by atoms with Gasteiger partial charge in [-0.3, -0.25) is 19.2 Å². The van der Waals surface area contributed by atoms with Gasteiger partial charge in [-0.1, -0.05) is 78.3 Å². The van der Waals surface area contributed by atoms with Crippen molar-refractivity contribution in [3.05, 3.63) is 99.5 Å². The summed E-state index contributed by atoms with van der Waals surface area (Å²) >= 11 is 3.37. The lowest BCUT2D eigenvalue weighted by Crippen LogP contribution is -2.51. The highest BCUT2D eigenvalue weighted by molar-refractivity contribution is 9.10. The van der Waals surface area contributed by atoms with Gasteiger partial charge in [0.05, 0.1) is 23.6 Å². The second-order valence-corrected chi connectivity index (χ2v) is 10.7. The summed E-state index contributed by atoms with van der Waals surface area (Å²) in [6, 6.07) is 20.9. The molecule has 7 heteroatoms. The number of rotatable bonds is 3. The van der Waals surface area contributed by atoms with Gasteiger partial charge >= 0.3 is 0 Å². The molecule has 1 aliphatic carbocycles. The molecular formula is C29H22BrNO5. The van der Waals surface area contributed by atoms with Gasteiger partial charge in [0.1, 0.15) is 0 Å². The molecule has 0 radical (unpaired) electrons.